The molecular weight excluding hydrogens is 214 g/mol. The van der Waals surface area contributed by atoms with Gasteiger partial charge in [0.15, 0.2) is 0 Å². The summed E-state index contributed by atoms with van der Waals surface area (Å²) in [7, 11) is 0. The van der Waals surface area contributed by atoms with Crippen LogP contribution in [0, 0.1) is 0 Å². The number of rotatable bonds is 1. The molecule has 0 spiro atoms. The summed E-state index contributed by atoms with van der Waals surface area (Å²) in [6.45, 7) is 10.2. The van der Waals surface area contributed by atoms with Gasteiger partial charge in [-0.15, -0.1) is 0 Å². The van der Waals surface area contributed by atoms with Crippen molar-refractivity contribution in [3.8, 4) is 0 Å². The number of hydrogen-bond acceptors (Lipinski definition) is 2. The first-order chi connectivity index (χ1) is 7.82. The van der Waals surface area contributed by atoms with Crippen LogP contribution in [0.5, 0.6) is 0 Å². The van der Waals surface area contributed by atoms with Crippen molar-refractivity contribution in [1.29, 1.82) is 0 Å². The summed E-state index contributed by atoms with van der Waals surface area (Å²) < 4.78 is 3.43. The highest BCUT2D eigenvalue weighted by molar-refractivity contribution is 5.51. The third kappa shape index (κ3) is 1.88. The molecule has 2 aromatic rings. The van der Waals surface area contributed by atoms with Gasteiger partial charge in [0.25, 0.3) is 0 Å². The van der Waals surface area contributed by atoms with Crippen LogP contribution in [-0.2, 0) is 5.54 Å². The molecule has 0 aliphatic heterocycles. The van der Waals surface area contributed by atoms with Crippen molar-refractivity contribution < 1.29 is 0 Å². The summed E-state index contributed by atoms with van der Waals surface area (Å²) >= 11 is 0. The molecule has 0 aliphatic carbocycles. The topological polar surface area (TPSA) is 39.3 Å². The van der Waals surface area contributed by atoms with Gasteiger partial charge in [-0.05, 0) is 26.7 Å². The van der Waals surface area contributed by atoms with E-state index in [1.165, 1.54) is 0 Å². The van der Waals surface area contributed by atoms with Crippen LogP contribution in [0.25, 0.3) is 5.52 Å². The van der Waals surface area contributed by atoms with Crippen molar-refractivity contribution in [2.75, 3.05) is 0 Å². The monoisotopic (exact) mass is 233 g/mol. The molecule has 0 amide bonds. The number of nitrogens with zero attached hydrogens (tertiary/aromatic N) is 3. The summed E-state index contributed by atoms with van der Waals surface area (Å²) in [5, 5.41) is 0. The zero-order valence-corrected chi connectivity index (χ0v) is 11.1. The second kappa shape index (κ2) is 3.72. The molecule has 4 heteroatoms. The smallest absolute Gasteiger partial charge is 0.293 e. The number of hydrogen-bond donors (Lipinski definition) is 0. The van der Waals surface area contributed by atoms with Gasteiger partial charge in [-0.2, -0.15) is 0 Å². The fourth-order valence-electron chi connectivity index (χ4n) is 1.96. The molecule has 0 atom stereocenters. The quantitative estimate of drug-likeness (QED) is 0.758. The lowest BCUT2D eigenvalue weighted by molar-refractivity contribution is 0.384. The summed E-state index contributed by atoms with van der Waals surface area (Å²) in [5.74, 6) is 0.307. The molecule has 0 radical (unpaired) electrons. The largest absolute Gasteiger partial charge is 0.333 e. The van der Waals surface area contributed by atoms with Gasteiger partial charge in [0.05, 0.1) is 11.2 Å². The first kappa shape index (κ1) is 11.9. The van der Waals surface area contributed by atoms with E-state index in [0.717, 1.165) is 11.2 Å². The predicted octanol–water partition coefficient (Wildman–Crippen LogP) is 2.37. The molecule has 2 aromatic heterocycles. The highest BCUT2D eigenvalue weighted by atomic mass is 16.1. The van der Waals surface area contributed by atoms with E-state index < -0.39 is 0 Å². The summed E-state index contributed by atoms with van der Waals surface area (Å²) in [5.41, 5.74) is 1.66. The van der Waals surface area contributed by atoms with E-state index in [4.69, 9.17) is 0 Å². The molecule has 0 saturated heterocycles. The molecule has 0 bridgehead atoms. The van der Waals surface area contributed by atoms with Crippen LogP contribution in [0.3, 0.4) is 0 Å². The Balaban J connectivity index is 2.83. The average Bonchev–Trinajstić information content (AvgIpc) is 2.55. The fraction of sp³-hybridized carbons (Fsp3) is 0.538. The van der Waals surface area contributed by atoms with E-state index in [2.05, 4.69) is 18.8 Å². The van der Waals surface area contributed by atoms with Gasteiger partial charge in [0.1, 0.15) is 0 Å². The zero-order valence-electron chi connectivity index (χ0n) is 11.1. The standard InChI is InChI=1S/C13H19N3O/c1-9(2)11-10-8-16(13(3,4)5)12(17)15(10)7-6-14-11/h6-9H,1-5H3. The van der Waals surface area contributed by atoms with Gasteiger partial charge in [0.2, 0.25) is 0 Å². The Kier molecular flexibility index (Phi) is 2.60. The Hall–Kier alpha value is -1.58. The molecule has 92 valence electrons. The molecule has 2 heterocycles. The predicted molar refractivity (Wildman–Crippen MR) is 68.5 cm³/mol. The number of imidazole rings is 1. The van der Waals surface area contributed by atoms with E-state index in [9.17, 15) is 4.79 Å². The summed E-state index contributed by atoms with van der Waals surface area (Å²) in [4.78, 5) is 16.6. The van der Waals surface area contributed by atoms with Crippen molar-refractivity contribution in [1.82, 2.24) is 14.0 Å². The minimum atomic E-state index is -0.211. The van der Waals surface area contributed by atoms with Gasteiger partial charge in [-0.1, -0.05) is 13.8 Å². The first-order valence-electron chi connectivity index (χ1n) is 5.91. The zero-order chi connectivity index (χ0) is 12.8. The second-order valence-electron chi connectivity index (χ2n) is 5.67. The van der Waals surface area contributed by atoms with Crippen LogP contribution in [0.1, 0.15) is 46.2 Å². The molecule has 2 rings (SSSR count). The molecule has 0 fully saturated rings. The maximum atomic E-state index is 12.2. The molecule has 0 unspecified atom stereocenters. The van der Waals surface area contributed by atoms with Crippen LogP contribution in [0.4, 0.5) is 0 Å². The number of fused-ring (bicyclic) bond motifs is 1. The third-order valence-corrected chi connectivity index (χ3v) is 2.88. The normalized spacial score (nSPS) is 12.6. The highest BCUT2D eigenvalue weighted by Gasteiger charge is 2.19. The van der Waals surface area contributed by atoms with Crippen LogP contribution >= 0.6 is 0 Å². The Morgan fingerprint density at radius 1 is 1.29 bits per heavy atom. The van der Waals surface area contributed by atoms with Crippen LogP contribution in [-0.4, -0.2) is 14.0 Å². The second-order valence-corrected chi connectivity index (χ2v) is 5.67. The van der Waals surface area contributed by atoms with Crippen molar-refractivity contribution in [2.45, 2.75) is 46.1 Å². The van der Waals surface area contributed by atoms with Crippen molar-refractivity contribution in [3.05, 3.63) is 34.8 Å². The lowest BCUT2D eigenvalue weighted by Gasteiger charge is -2.18. The molecular formula is C13H19N3O. The van der Waals surface area contributed by atoms with E-state index >= 15 is 0 Å². The fourth-order valence-corrected chi connectivity index (χ4v) is 1.96. The lowest BCUT2D eigenvalue weighted by Crippen LogP contribution is -2.32. The van der Waals surface area contributed by atoms with Gasteiger partial charge in [0, 0.05) is 24.1 Å². The maximum absolute atomic E-state index is 12.2. The first-order valence-corrected chi connectivity index (χ1v) is 5.91. The third-order valence-electron chi connectivity index (χ3n) is 2.88. The van der Waals surface area contributed by atoms with Gasteiger partial charge >= 0.3 is 5.69 Å². The number of aromatic nitrogens is 3. The minimum absolute atomic E-state index is 0.00296. The molecule has 17 heavy (non-hydrogen) atoms. The highest BCUT2D eigenvalue weighted by Crippen LogP contribution is 2.19. The van der Waals surface area contributed by atoms with Crippen molar-refractivity contribution in [3.63, 3.8) is 0 Å². The Bertz CT molecular complexity index is 599. The summed E-state index contributed by atoms with van der Waals surface area (Å²) in [6.07, 6.45) is 5.33. The van der Waals surface area contributed by atoms with Gasteiger partial charge < -0.3 is 0 Å². The Morgan fingerprint density at radius 2 is 1.94 bits per heavy atom. The molecule has 0 aromatic carbocycles. The van der Waals surface area contributed by atoms with Crippen molar-refractivity contribution >= 4 is 5.52 Å². The molecule has 0 N–H and O–H groups in total. The summed E-state index contributed by atoms with van der Waals surface area (Å²) in [6, 6.07) is 0. The lowest BCUT2D eigenvalue weighted by atomic mass is 10.1. The van der Waals surface area contributed by atoms with E-state index in [1.54, 1.807) is 21.4 Å². The SMILES string of the molecule is CC(C)c1nccn2c(=O)n(C(C)(C)C)cc12. The molecule has 4 nitrogen and oxygen atoms in total. The van der Waals surface area contributed by atoms with Crippen LogP contribution in [0.15, 0.2) is 23.4 Å². The van der Waals surface area contributed by atoms with Crippen LogP contribution in [0.2, 0.25) is 0 Å². The molecule has 0 aliphatic rings. The van der Waals surface area contributed by atoms with Gasteiger partial charge in [-0.3, -0.25) is 14.0 Å². The average molecular weight is 233 g/mol. The van der Waals surface area contributed by atoms with Crippen LogP contribution < -0.4 is 5.69 Å². The maximum Gasteiger partial charge on any atom is 0.333 e. The van der Waals surface area contributed by atoms with E-state index in [0.29, 0.717) is 5.92 Å². The Labute approximate surface area is 101 Å². The van der Waals surface area contributed by atoms with E-state index in [1.807, 2.05) is 27.0 Å². The van der Waals surface area contributed by atoms with E-state index in [-0.39, 0.29) is 11.2 Å². The minimum Gasteiger partial charge on any atom is -0.293 e. The van der Waals surface area contributed by atoms with Crippen molar-refractivity contribution in [2.24, 2.45) is 0 Å². The Morgan fingerprint density at radius 3 is 2.47 bits per heavy atom. The van der Waals surface area contributed by atoms with Gasteiger partial charge in [-0.25, -0.2) is 4.79 Å². The molecule has 0 saturated carbocycles.